The van der Waals surface area contributed by atoms with Crippen LogP contribution in [0.15, 0.2) is 5.03 Å². The lowest BCUT2D eigenvalue weighted by atomic mass is 10.2. The Morgan fingerprint density at radius 3 is 2.68 bits per heavy atom. The Kier molecular flexibility index (Phi) is 5.09. The number of rotatable bonds is 4. The number of carbonyl (C=O) groups is 1. The van der Waals surface area contributed by atoms with Gasteiger partial charge in [0.25, 0.3) is 0 Å². The highest BCUT2D eigenvalue weighted by Gasteiger charge is 2.30. The van der Waals surface area contributed by atoms with Crippen LogP contribution in [0.4, 0.5) is 0 Å². The number of aromatic nitrogens is 2. The van der Waals surface area contributed by atoms with Crippen molar-refractivity contribution in [3.8, 4) is 0 Å². The maximum Gasteiger partial charge on any atom is 0.233 e. The lowest BCUT2D eigenvalue weighted by molar-refractivity contribution is -0.120. The van der Waals surface area contributed by atoms with Crippen molar-refractivity contribution < 1.29 is 13.2 Å². The fourth-order valence-corrected chi connectivity index (χ4v) is 6.72. The normalized spacial score (nSPS) is 20.7. The van der Waals surface area contributed by atoms with Gasteiger partial charge in [-0.1, -0.05) is 11.8 Å². The topological polar surface area (TPSA) is 89.0 Å². The molecule has 0 aromatic carbocycles. The smallest absolute Gasteiger partial charge is 0.233 e. The number of sulfone groups is 1. The van der Waals surface area contributed by atoms with Crippen molar-refractivity contribution in [1.29, 1.82) is 0 Å². The predicted molar refractivity (Wildman–Crippen MR) is 102 cm³/mol. The van der Waals surface area contributed by atoms with E-state index in [1.54, 1.807) is 11.3 Å². The fourth-order valence-electron chi connectivity index (χ4n) is 2.85. The van der Waals surface area contributed by atoms with E-state index in [2.05, 4.69) is 22.2 Å². The number of aryl methyl sites for hydroxylation is 3. The van der Waals surface area contributed by atoms with E-state index in [0.717, 1.165) is 20.8 Å². The molecule has 1 N–H and O–H groups in total. The minimum atomic E-state index is -3.00. The van der Waals surface area contributed by atoms with E-state index in [0.29, 0.717) is 12.2 Å². The molecule has 0 unspecified atom stereocenters. The van der Waals surface area contributed by atoms with Gasteiger partial charge < -0.3 is 5.32 Å². The van der Waals surface area contributed by atoms with Crippen LogP contribution in [0.5, 0.6) is 0 Å². The largest absolute Gasteiger partial charge is 0.351 e. The first-order valence-corrected chi connectivity index (χ1v) is 11.6. The molecule has 0 spiro atoms. The molecule has 6 nitrogen and oxygen atoms in total. The SMILES string of the molecule is Cc1nc(S[C@@H](C)C(=O)N[C@H]2CCS(=O)(=O)C2)c2c(C)c(C)sc2n1. The first-order chi connectivity index (χ1) is 11.7. The number of thiophene rings is 1. The van der Waals surface area contributed by atoms with Crippen LogP contribution in [0.3, 0.4) is 0 Å². The van der Waals surface area contributed by atoms with Crippen LogP contribution in [0.25, 0.3) is 10.2 Å². The number of fused-ring (bicyclic) bond motifs is 1. The van der Waals surface area contributed by atoms with E-state index in [1.165, 1.54) is 16.6 Å². The Hall–Kier alpha value is -1.19. The zero-order chi connectivity index (χ0) is 18.4. The van der Waals surface area contributed by atoms with Gasteiger partial charge in [-0.25, -0.2) is 18.4 Å². The number of nitrogens with zero attached hydrogens (tertiary/aromatic N) is 2. The fraction of sp³-hybridized carbons (Fsp3) is 0.562. The molecule has 25 heavy (non-hydrogen) atoms. The van der Waals surface area contributed by atoms with Crippen LogP contribution in [0, 0.1) is 20.8 Å². The van der Waals surface area contributed by atoms with Gasteiger partial charge in [0.15, 0.2) is 9.84 Å². The maximum absolute atomic E-state index is 12.5. The Labute approximate surface area is 155 Å². The summed E-state index contributed by atoms with van der Waals surface area (Å²) in [6.45, 7) is 7.77. The van der Waals surface area contributed by atoms with Crippen molar-refractivity contribution in [3.63, 3.8) is 0 Å². The molecule has 0 radical (unpaired) electrons. The van der Waals surface area contributed by atoms with Crippen molar-refractivity contribution in [2.45, 2.75) is 50.4 Å². The van der Waals surface area contributed by atoms with Crippen molar-refractivity contribution in [3.05, 3.63) is 16.3 Å². The standard InChI is InChI=1S/C16H21N3O3S3/c1-8-9(2)23-15-13(8)16(18-11(4)17-15)24-10(3)14(20)19-12-5-6-25(21,22)7-12/h10,12H,5-7H2,1-4H3,(H,19,20)/t10-,12-/m0/s1. The number of amides is 1. The third-order valence-electron chi connectivity index (χ3n) is 4.34. The van der Waals surface area contributed by atoms with Crippen molar-refractivity contribution in [2.24, 2.45) is 0 Å². The molecule has 0 aliphatic carbocycles. The van der Waals surface area contributed by atoms with E-state index in [1.807, 2.05) is 20.8 Å². The molecule has 2 aromatic heterocycles. The van der Waals surface area contributed by atoms with E-state index < -0.39 is 9.84 Å². The Balaban J connectivity index is 1.77. The van der Waals surface area contributed by atoms with E-state index in [-0.39, 0.29) is 28.7 Å². The van der Waals surface area contributed by atoms with Crippen LogP contribution in [0.2, 0.25) is 0 Å². The molecule has 3 rings (SSSR count). The average Bonchev–Trinajstić information content (AvgIpc) is 2.98. The Morgan fingerprint density at radius 2 is 2.04 bits per heavy atom. The van der Waals surface area contributed by atoms with Gasteiger partial charge in [-0.15, -0.1) is 11.3 Å². The number of carbonyl (C=O) groups excluding carboxylic acids is 1. The predicted octanol–water partition coefficient (Wildman–Crippen LogP) is 2.40. The van der Waals surface area contributed by atoms with Gasteiger partial charge >= 0.3 is 0 Å². The molecular formula is C16H21N3O3S3. The maximum atomic E-state index is 12.5. The third-order valence-corrected chi connectivity index (χ3v) is 8.30. The van der Waals surface area contributed by atoms with Crippen molar-refractivity contribution in [1.82, 2.24) is 15.3 Å². The Bertz CT molecular complexity index is 937. The second-order valence-corrected chi connectivity index (χ2v) is 11.2. The quantitative estimate of drug-likeness (QED) is 0.627. The third kappa shape index (κ3) is 3.98. The molecule has 3 heterocycles. The average molecular weight is 400 g/mol. The van der Waals surface area contributed by atoms with Gasteiger partial charge in [0, 0.05) is 16.3 Å². The van der Waals surface area contributed by atoms with Crippen LogP contribution in [-0.4, -0.2) is 47.1 Å². The van der Waals surface area contributed by atoms with Gasteiger partial charge in [0.2, 0.25) is 5.91 Å². The summed E-state index contributed by atoms with van der Waals surface area (Å²) < 4.78 is 23.1. The van der Waals surface area contributed by atoms with Crippen molar-refractivity contribution >= 4 is 49.1 Å². The minimum Gasteiger partial charge on any atom is -0.351 e. The molecule has 0 saturated carbocycles. The second kappa shape index (κ2) is 6.85. The molecule has 1 fully saturated rings. The van der Waals surface area contributed by atoms with E-state index in [4.69, 9.17) is 0 Å². The molecule has 1 aliphatic heterocycles. The van der Waals surface area contributed by atoms with Gasteiger partial charge in [-0.2, -0.15) is 0 Å². The lowest BCUT2D eigenvalue weighted by Crippen LogP contribution is -2.39. The first-order valence-electron chi connectivity index (χ1n) is 8.08. The Morgan fingerprint density at radius 1 is 1.32 bits per heavy atom. The van der Waals surface area contributed by atoms with Gasteiger partial charge in [0.05, 0.1) is 16.8 Å². The second-order valence-electron chi connectivity index (χ2n) is 6.41. The summed E-state index contributed by atoms with van der Waals surface area (Å²) in [4.78, 5) is 23.6. The number of thioether (sulfide) groups is 1. The first kappa shape index (κ1) is 18.6. The molecule has 9 heteroatoms. The summed E-state index contributed by atoms with van der Waals surface area (Å²) in [5.74, 6) is 0.723. The van der Waals surface area contributed by atoms with Gasteiger partial charge in [0.1, 0.15) is 15.7 Å². The summed E-state index contributed by atoms with van der Waals surface area (Å²) in [6, 6.07) is -0.280. The zero-order valence-electron chi connectivity index (χ0n) is 14.6. The monoisotopic (exact) mass is 399 g/mol. The molecule has 2 aromatic rings. The van der Waals surface area contributed by atoms with Crippen LogP contribution in [-0.2, 0) is 14.6 Å². The highest BCUT2D eigenvalue weighted by molar-refractivity contribution is 8.00. The van der Waals surface area contributed by atoms with Crippen LogP contribution in [0.1, 0.15) is 29.6 Å². The summed E-state index contributed by atoms with van der Waals surface area (Å²) in [5, 5.41) is 4.32. The zero-order valence-corrected chi connectivity index (χ0v) is 17.1. The molecule has 0 bridgehead atoms. The highest BCUT2D eigenvalue weighted by Crippen LogP contribution is 2.36. The number of hydrogen-bond donors (Lipinski definition) is 1. The molecular weight excluding hydrogens is 378 g/mol. The number of hydrogen-bond acceptors (Lipinski definition) is 7. The van der Waals surface area contributed by atoms with E-state index in [9.17, 15) is 13.2 Å². The molecule has 1 amide bonds. The summed E-state index contributed by atoms with van der Waals surface area (Å²) in [6.07, 6.45) is 0.491. The number of nitrogens with one attached hydrogen (secondary N) is 1. The molecule has 1 aliphatic rings. The van der Waals surface area contributed by atoms with Crippen molar-refractivity contribution in [2.75, 3.05) is 11.5 Å². The van der Waals surface area contributed by atoms with Crippen LogP contribution < -0.4 is 5.32 Å². The van der Waals surface area contributed by atoms with Gasteiger partial charge in [-0.05, 0) is 39.7 Å². The molecule has 2 atom stereocenters. The van der Waals surface area contributed by atoms with Crippen LogP contribution >= 0.6 is 23.1 Å². The molecule has 1 saturated heterocycles. The summed E-state index contributed by atoms with van der Waals surface area (Å²) in [5.41, 5.74) is 1.15. The molecule has 136 valence electrons. The highest BCUT2D eigenvalue weighted by atomic mass is 32.2. The van der Waals surface area contributed by atoms with E-state index >= 15 is 0 Å². The summed E-state index contributed by atoms with van der Waals surface area (Å²) in [7, 11) is -3.00. The minimum absolute atomic E-state index is 0.0375. The lowest BCUT2D eigenvalue weighted by Gasteiger charge is -2.16. The summed E-state index contributed by atoms with van der Waals surface area (Å²) >= 11 is 3.04. The van der Waals surface area contributed by atoms with Gasteiger partial charge in [-0.3, -0.25) is 4.79 Å².